The van der Waals surface area contributed by atoms with E-state index in [-0.39, 0.29) is 19.0 Å². The Morgan fingerprint density at radius 1 is 0.824 bits per heavy atom. The Morgan fingerprint density at radius 2 is 1.29 bits per heavy atom. The Hall–Kier alpha value is -2.44. The van der Waals surface area contributed by atoms with Crippen LogP contribution >= 0.6 is 12.4 Å². The molecular weight excluding hydrogens is 478 g/mol. The number of carbonyl (C=O) groups excluding carboxylic acids is 5. The van der Waals surface area contributed by atoms with E-state index >= 15 is 0 Å². The van der Waals surface area contributed by atoms with E-state index in [2.05, 4.69) is 0 Å². The number of halogens is 1. The summed E-state index contributed by atoms with van der Waals surface area (Å²) in [5.74, 6) is -4.86. The Bertz CT molecular complexity index is 751. The van der Waals surface area contributed by atoms with Crippen LogP contribution in [0.15, 0.2) is 0 Å². The van der Waals surface area contributed by atoms with Crippen molar-refractivity contribution in [1.82, 2.24) is 0 Å². The predicted octanol–water partition coefficient (Wildman–Crippen LogP) is 0.450. The van der Waals surface area contributed by atoms with Gasteiger partial charge in [-0.2, -0.15) is 0 Å². The van der Waals surface area contributed by atoms with Gasteiger partial charge in [-0.05, 0) is 20.8 Å². The first-order valence-corrected chi connectivity index (χ1v) is 10.4. The summed E-state index contributed by atoms with van der Waals surface area (Å²) in [5, 5.41) is 0. The van der Waals surface area contributed by atoms with Gasteiger partial charge >= 0.3 is 29.8 Å². The van der Waals surface area contributed by atoms with Crippen molar-refractivity contribution >= 4 is 42.3 Å². The number of hydrogen-bond donors (Lipinski definition) is 1. The molecule has 1 fully saturated rings. The zero-order valence-electron chi connectivity index (χ0n) is 20.4. The summed E-state index contributed by atoms with van der Waals surface area (Å²) in [7, 11) is 0. The maximum absolute atomic E-state index is 12.9. The number of ether oxygens (including phenoxy) is 6. The Labute approximate surface area is 204 Å². The van der Waals surface area contributed by atoms with Crippen molar-refractivity contribution in [1.29, 1.82) is 0 Å². The van der Waals surface area contributed by atoms with Gasteiger partial charge in [-0.3, -0.25) is 24.0 Å². The lowest BCUT2D eigenvalue weighted by Crippen LogP contribution is -2.65. The Kier molecular flexibility index (Phi) is 12.5. The molecule has 0 aromatic rings. The van der Waals surface area contributed by atoms with Gasteiger partial charge in [-0.15, -0.1) is 12.4 Å². The lowest BCUT2D eigenvalue weighted by atomic mass is 9.87. The van der Waals surface area contributed by atoms with Gasteiger partial charge in [0.05, 0.1) is 5.92 Å². The third kappa shape index (κ3) is 9.82. The molecule has 0 bridgehead atoms. The van der Waals surface area contributed by atoms with Crippen LogP contribution in [-0.4, -0.2) is 79.1 Å². The van der Waals surface area contributed by atoms with Crippen LogP contribution in [0.5, 0.6) is 0 Å². The SMILES string of the molecule is CC(=O)OC[C@H]1O[C@@H]([C@@H](CN)C(=O)OC(C)(C)C)[C@H](OC(C)=O)[C@@H](OC(C)=O)[C@@H]1OC(C)=O.Cl. The quantitative estimate of drug-likeness (QED) is 0.353. The fraction of sp³-hybridized carbons (Fsp3) is 0.762. The molecule has 1 rings (SSSR count). The monoisotopic (exact) mass is 511 g/mol. The van der Waals surface area contributed by atoms with E-state index in [9.17, 15) is 24.0 Å². The molecule has 6 atom stereocenters. The molecular formula is C21H34ClNO11. The minimum absolute atomic E-state index is 0. The molecule has 1 saturated heterocycles. The smallest absolute Gasteiger partial charge is 0.313 e. The first-order chi connectivity index (χ1) is 15.2. The van der Waals surface area contributed by atoms with Crippen LogP contribution in [0.2, 0.25) is 0 Å². The summed E-state index contributed by atoms with van der Waals surface area (Å²) in [6.45, 7) is 8.79. The molecule has 0 spiro atoms. The van der Waals surface area contributed by atoms with E-state index in [0.717, 1.165) is 27.7 Å². The van der Waals surface area contributed by atoms with Crippen LogP contribution in [0, 0.1) is 5.92 Å². The number of hydrogen-bond acceptors (Lipinski definition) is 12. The highest BCUT2D eigenvalue weighted by molar-refractivity contribution is 5.85. The van der Waals surface area contributed by atoms with Crippen LogP contribution in [-0.2, 0) is 52.4 Å². The van der Waals surface area contributed by atoms with Gasteiger partial charge in [-0.1, -0.05) is 0 Å². The number of carbonyl (C=O) groups is 5. The number of nitrogens with two attached hydrogens (primary N) is 1. The second-order valence-electron chi connectivity index (χ2n) is 8.54. The van der Waals surface area contributed by atoms with E-state index in [1.165, 1.54) is 0 Å². The van der Waals surface area contributed by atoms with E-state index < -0.39 is 78.5 Å². The molecule has 0 amide bonds. The van der Waals surface area contributed by atoms with E-state index in [4.69, 9.17) is 34.2 Å². The molecule has 2 N–H and O–H groups in total. The first kappa shape index (κ1) is 31.6. The van der Waals surface area contributed by atoms with Gasteiger partial charge in [0, 0.05) is 34.2 Å². The Morgan fingerprint density at radius 3 is 1.71 bits per heavy atom. The highest BCUT2D eigenvalue weighted by Crippen LogP contribution is 2.33. The van der Waals surface area contributed by atoms with Crippen molar-refractivity contribution in [3.8, 4) is 0 Å². The minimum Gasteiger partial charge on any atom is -0.463 e. The molecule has 12 nitrogen and oxygen atoms in total. The fourth-order valence-electron chi connectivity index (χ4n) is 3.33. The topological polar surface area (TPSA) is 167 Å². The normalized spacial score (nSPS) is 25.1. The molecule has 0 saturated carbocycles. The highest BCUT2D eigenvalue weighted by atomic mass is 35.5. The lowest BCUT2D eigenvalue weighted by Gasteiger charge is -2.46. The number of esters is 5. The van der Waals surface area contributed by atoms with Gasteiger partial charge < -0.3 is 34.2 Å². The number of rotatable bonds is 8. The standard InChI is InChI=1S/C21H33NO11.ClH/c1-10(23)28-9-15-17(29-11(2)24)19(31-13(4)26)18(30-12(3)25)16(32-15)14(8-22)20(27)33-21(5,6)7;/h14-19H,8-9,22H2,1-7H3;1H/t14-,15-,16+,17-,18+,19+;/m1./s1. The van der Waals surface area contributed by atoms with E-state index in [1.54, 1.807) is 20.8 Å². The second kappa shape index (κ2) is 13.4. The predicted molar refractivity (Wildman–Crippen MR) is 118 cm³/mol. The zero-order valence-corrected chi connectivity index (χ0v) is 21.2. The summed E-state index contributed by atoms with van der Waals surface area (Å²) in [4.78, 5) is 59.8. The molecule has 1 aliphatic heterocycles. The van der Waals surface area contributed by atoms with Gasteiger partial charge in [0.2, 0.25) is 0 Å². The molecule has 13 heteroatoms. The lowest BCUT2D eigenvalue weighted by molar-refractivity contribution is -0.261. The molecule has 1 heterocycles. The van der Waals surface area contributed by atoms with Gasteiger partial charge in [-0.25, -0.2) is 0 Å². The van der Waals surface area contributed by atoms with Gasteiger partial charge in [0.15, 0.2) is 18.3 Å². The van der Waals surface area contributed by atoms with Gasteiger partial charge in [0.25, 0.3) is 0 Å². The van der Waals surface area contributed by atoms with Crippen molar-refractivity contribution in [2.45, 2.75) is 84.6 Å². The molecule has 0 aromatic carbocycles. The largest absolute Gasteiger partial charge is 0.463 e. The van der Waals surface area contributed by atoms with E-state index in [1.807, 2.05) is 0 Å². The third-order valence-electron chi connectivity index (χ3n) is 4.39. The van der Waals surface area contributed by atoms with Crippen LogP contribution in [0.4, 0.5) is 0 Å². The van der Waals surface area contributed by atoms with Gasteiger partial charge in [0.1, 0.15) is 24.4 Å². The Balaban J connectivity index is 0.0000109. The third-order valence-corrected chi connectivity index (χ3v) is 4.39. The molecule has 34 heavy (non-hydrogen) atoms. The summed E-state index contributed by atoms with van der Waals surface area (Å²) in [5.41, 5.74) is 4.99. The molecule has 1 aliphatic rings. The molecule has 0 radical (unpaired) electrons. The maximum Gasteiger partial charge on any atom is 0.313 e. The zero-order chi connectivity index (χ0) is 25.5. The van der Waals surface area contributed by atoms with Crippen LogP contribution < -0.4 is 5.73 Å². The van der Waals surface area contributed by atoms with Crippen molar-refractivity contribution in [2.75, 3.05) is 13.2 Å². The van der Waals surface area contributed by atoms with Crippen LogP contribution in [0.3, 0.4) is 0 Å². The second-order valence-corrected chi connectivity index (χ2v) is 8.54. The highest BCUT2D eigenvalue weighted by Gasteiger charge is 2.55. The van der Waals surface area contributed by atoms with Crippen molar-refractivity contribution in [2.24, 2.45) is 11.7 Å². The molecule has 0 aliphatic carbocycles. The maximum atomic E-state index is 12.9. The molecule has 0 aromatic heterocycles. The van der Waals surface area contributed by atoms with Crippen LogP contribution in [0.25, 0.3) is 0 Å². The fourth-order valence-corrected chi connectivity index (χ4v) is 3.33. The van der Waals surface area contributed by atoms with E-state index in [0.29, 0.717) is 0 Å². The summed E-state index contributed by atoms with van der Waals surface area (Å²) < 4.78 is 32.4. The molecule has 196 valence electrons. The average Bonchev–Trinajstić information content (AvgIpc) is 2.62. The van der Waals surface area contributed by atoms with Crippen LogP contribution in [0.1, 0.15) is 48.5 Å². The average molecular weight is 512 g/mol. The summed E-state index contributed by atoms with van der Waals surface area (Å²) in [6.07, 6.45) is -6.53. The van der Waals surface area contributed by atoms with Crippen molar-refractivity contribution in [3.05, 3.63) is 0 Å². The molecule has 0 unspecified atom stereocenters. The first-order valence-electron chi connectivity index (χ1n) is 10.4. The van der Waals surface area contributed by atoms with Crippen molar-refractivity contribution < 1.29 is 52.4 Å². The minimum atomic E-state index is -1.38. The summed E-state index contributed by atoms with van der Waals surface area (Å²) in [6, 6.07) is 0. The summed E-state index contributed by atoms with van der Waals surface area (Å²) >= 11 is 0. The van der Waals surface area contributed by atoms with Crippen molar-refractivity contribution in [3.63, 3.8) is 0 Å².